The minimum absolute atomic E-state index is 0. The van der Waals surface area contributed by atoms with Crippen LogP contribution in [0.2, 0.25) is 0 Å². The third kappa shape index (κ3) is 7.72. The molecule has 1 nitrogen and oxygen atoms in total. The van der Waals surface area contributed by atoms with E-state index in [1.807, 2.05) is 30.3 Å². The van der Waals surface area contributed by atoms with E-state index in [0.717, 1.165) is 5.75 Å². The van der Waals surface area contributed by atoms with Gasteiger partial charge in [0, 0.05) is 103 Å². The van der Waals surface area contributed by atoms with Crippen molar-refractivity contribution >= 4 is 32.3 Å². The molecule has 15 heavy (non-hydrogen) atoms. The Balaban J connectivity index is -0.000000121. The van der Waals surface area contributed by atoms with Crippen LogP contribution in [0.1, 0.15) is 5.56 Å². The van der Waals surface area contributed by atoms with Crippen LogP contribution in [0.3, 0.4) is 0 Å². The number of hydrogen-bond acceptors (Lipinski definition) is 1. The van der Waals surface area contributed by atoms with Gasteiger partial charge in [-0.3, -0.25) is 0 Å². The Bertz CT molecular complexity index is 289. The van der Waals surface area contributed by atoms with Gasteiger partial charge >= 0.3 is 0 Å². The number of hydrogen-bond donors (Lipinski definition) is 0. The molecule has 1 aliphatic rings. The zero-order valence-corrected chi connectivity index (χ0v) is 16.1. The molecule has 2 rings (SSSR count). The molecular formula is C9H8BiCoFeMoNiO. The van der Waals surface area contributed by atoms with Crippen molar-refractivity contribution in [2.45, 2.75) is 0 Å². The minimum atomic E-state index is 0. The summed E-state index contributed by atoms with van der Waals surface area (Å²) in [7, 11) is 0. The molecule has 1 aliphatic heterocycles. The summed E-state index contributed by atoms with van der Waals surface area (Å²) in [5.74, 6) is 0.991. The van der Waals surface area contributed by atoms with Crippen LogP contribution in [0.15, 0.2) is 30.3 Å². The molecule has 0 bridgehead atoms. The van der Waals surface area contributed by atoms with Crippen LogP contribution in [-0.2, 0) is 71.4 Å². The van der Waals surface area contributed by atoms with Crippen LogP contribution < -0.4 is 4.74 Å². The first-order valence-electron chi connectivity index (χ1n) is 3.35. The average molecular weight is 611 g/mol. The summed E-state index contributed by atoms with van der Waals surface area (Å²) in [4.78, 5) is 0. The van der Waals surface area contributed by atoms with Gasteiger partial charge in [-0.05, 0) is 12.1 Å². The molecule has 1 aromatic rings. The Kier molecular flexibility index (Phi) is 23.8. The summed E-state index contributed by atoms with van der Waals surface area (Å²) in [6, 6.07) is 8.03. The fraction of sp³-hybridized carbons (Fsp3) is 0.111. The molecule has 1 heterocycles. The molecule has 0 atom stereocenters. The SMILES string of the molecule is C1=Cc2ccccc2OC1.[Bi].[Co].[Fe].[Mo].[Ni]. The third-order valence-electron chi connectivity index (χ3n) is 1.55. The Morgan fingerprint density at radius 1 is 1.13 bits per heavy atom. The van der Waals surface area contributed by atoms with Crippen molar-refractivity contribution in [3.05, 3.63) is 35.9 Å². The van der Waals surface area contributed by atoms with Gasteiger partial charge in [-0.2, -0.15) is 0 Å². The van der Waals surface area contributed by atoms with E-state index in [4.69, 9.17) is 4.74 Å². The number of para-hydroxylation sites is 1. The Morgan fingerprint density at radius 2 is 1.73 bits per heavy atom. The fourth-order valence-electron chi connectivity index (χ4n) is 1.06. The molecular weight excluding hydrogens is 602 g/mol. The molecule has 0 spiro atoms. The van der Waals surface area contributed by atoms with E-state index in [9.17, 15) is 0 Å². The second kappa shape index (κ2) is 13.9. The third-order valence-corrected chi connectivity index (χ3v) is 1.55. The van der Waals surface area contributed by atoms with Crippen LogP contribution in [-0.4, -0.2) is 32.8 Å². The van der Waals surface area contributed by atoms with E-state index >= 15 is 0 Å². The molecule has 4 radical (unpaired) electrons. The second-order valence-corrected chi connectivity index (χ2v) is 2.25. The zero-order valence-electron chi connectivity index (χ0n) is 7.44. The van der Waals surface area contributed by atoms with Crippen molar-refractivity contribution in [1.82, 2.24) is 0 Å². The van der Waals surface area contributed by atoms with Crippen molar-refractivity contribution in [2.24, 2.45) is 0 Å². The maximum Gasteiger partial charge on any atom is 0.126 e. The Labute approximate surface area is 155 Å². The maximum absolute atomic E-state index is 5.34. The molecule has 0 saturated carbocycles. The second-order valence-electron chi connectivity index (χ2n) is 2.25. The van der Waals surface area contributed by atoms with Gasteiger partial charge in [0.1, 0.15) is 12.4 Å². The summed E-state index contributed by atoms with van der Waals surface area (Å²) in [5.41, 5.74) is 1.17. The van der Waals surface area contributed by atoms with Crippen LogP contribution in [0.5, 0.6) is 5.75 Å². The molecule has 0 amide bonds. The van der Waals surface area contributed by atoms with E-state index < -0.39 is 0 Å². The molecule has 6 heteroatoms. The number of rotatable bonds is 0. The summed E-state index contributed by atoms with van der Waals surface area (Å²) in [6.45, 7) is 0.705. The van der Waals surface area contributed by atoms with Gasteiger partial charge in [-0.25, -0.2) is 0 Å². The van der Waals surface area contributed by atoms with E-state index in [2.05, 4.69) is 6.08 Å². The van der Waals surface area contributed by atoms with Crippen LogP contribution in [0.4, 0.5) is 0 Å². The van der Waals surface area contributed by atoms with Crippen LogP contribution in [0.25, 0.3) is 6.08 Å². The van der Waals surface area contributed by atoms with Crippen molar-refractivity contribution in [1.29, 1.82) is 0 Å². The number of fused-ring (bicyclic) bond motifs is 1. The van der Waals surface area contributed by atoms with E-state index in [-0.39, 0.29) is 97.6 Å². The Morgan fingerprint density at radius 3 is 2.33 bits per heavy atom. The van der Waals surface area contributed by atoms with Gasteiger partial charge < -0.3 is 4.74 Å². The monoisotopic (exact) mass is 612 g/mol. The van der Waals surface area contributed by atoms with E-state index in [1.165, 1.54) is 5.56 Å². The van der Waals surface area contributed by atoms with Crippen molar-refractivity contribution in [2.75, 3.05) is 6.61 Å². The quantitative estimate of drug-likeness (QED) is 0.407. The first-order valence-corrected chi connectivity index (χ1v) is 3.35. The van der Waals surface area contributed by atoms with Gasteiger partial charge in [0.25, 0.3) is 0 Å². The average Bonchev–Trinajstić information content (AvgIpc) is 2.05. The number of ether oxygens (including phenoxy) is 1. The fourth-order valence-corrected chi connectivity index (χ4v) is 1.06. The predicted molar refractivity (Wildman–Crippen MR) is 46.7 cm³/mol. The molecule has 0 unspecified atom stereocenters. The molecule has 0 aromatic heterocycles. The molecule has 0 fully saturated rings. The predicted octanol–water partition coefficient (Wildman–Crippen LogP) is 1.70. The summed E-state index contributed by atoms with van der Waals surface area (Å²) in [6.07, 6.45) is 4.10. The van der Waals surface area contributed by atoms with Gasteiger partial charge in [-0.1, -0.05) is 24.3 Å². The van der Waals surface area contributed by atoms with Gasteiger partial charge in [0.2, 0.25) is 0 Å². The normalized spacial score (nSPS) is 9.33. The van der Waals surface area contributed by atoms with Crippen molar-refractivity contribution in [3.63, 3.8) is 0 Å². The smallest absolute Gasteiger partial charge is 0.126 e. The van der Waals surface area contributed by atoms with Gasteiger partial charge in [-0.15, -0.1) is 0 Å². The van der Waals surface area contributed by atoms with Gasteiger partial charge in [0.05, 0.1) is 0 Å². The van der Waals surface area contributed by atoms with E-state index in [0.29, 0.717) is 6.61 Å². The molecule has 1 aromatic carbocycles. The van der Waals surface area contributed by atoms with Crippen molar-refractivity contribution < 1.29 is 76.1 Å². The molecule has 88 valence electrons. The summed E-state index contributed by atoms with van der Waals surface area (Å²) >= 11 is 0. The first kappa shape index (κ1) is 25.6. The Hall–Kier alpha value is 1.85. The zero-order chi connectivity index (χ0) is 6.81. The van der Waals surface area contributed by atoms with Crippen LogP contribution >= 0.6 is 0 Å². The summed E-state index contributed by atoms with van der Waals surface area (Å²) in [5, 5.41) is 0. The van der Waals surface area contributed by atoms with Crippen molar-refractivity contribution in [3.8, 4) is 5.75 Å². The van der Waals surface area contributed by atoms with Crippen LogP contribution in [0, 0.1) is 0 Å². The summed E-state index contributed by atoms with van der Waals surface area (Å²) < 4.78 is 5.34. The molecule has 0 N–H and O–H groups in total. The largest absolute Gasteiger partial charge is 0.489 e. The standard InChI is InChI=1S/C9H8O.Bi.Co.Fe.Mo.Ni/c1-2-6-9-8(4-1)5-3-7-10-9;;;;;/h1-6H,7H2;;;;;. The molecule has 0 aliphatic carbocycles. The minimum Gasteiger partial charge on any atom is -0.489 e. The number of benzene rings is 1. The first-order chi connectivity index (χ1) is 4.97. The topological polar surface area (TPSA) is 9.23 Å². The van der Waals surface area contributed by atoms with Gasteiger partial charge in [0.15, 0.2) is 0 Å². The maximum atomic E-state index is 5.34. The van der Waals surface area contributed by atoms with E-state index in [1.54, 1.807) is 0 Å². The molecule has 0 saturated heterocycles.